The molecular weight excluding hydrogens is 280 g/mol. The average molecular weight is 289 g/mol. The summed E-state index contributed by atoms with van der Waals surface area (Å²) >= 11 is 0. The van der Waals surface area contributed by atoms with Crippen LogP contribution in [-0.4, -0.2) is 27.6 Å². The third kappa shape index (κ3) is 6.94. The third-order valence-electron chi connectivity index (χ3n) is 1.20. The number of hydrogen-bond donors (Lipinski definition) is 2. The Hall–Kier alpha value is -1.10. The molecule has 0 aliphatic carbocycles. The van der Waals surface area contributed by atoms with E-state index in [2.05, 4.69) is 5.14 Å². The lowest BCUT2D eigenvalue weighted by Gasteiger charge is -1.99. The Labute approximate surface area is 96.9 Å². The van der Waals surface area contributed by atoms with Crippen LogP contribution in [0.3, 0.4) is 0 Å². The fourth-order valence-corrected chi connectivity index (χ4v) is 1.43. The molecule has 0 spiro atoms. The van der Waals surface area contributed by atoms with Crippen LogP contribution in [0.4, 0.5) is 8.78 Å². The van der Waals surface area contributed by atoms with Crippen molar-refractivity contribution in [3.05, 3.63) is 29.8 Å². The van der Waals surface area contributed by atoms with E-state index in [0.717, 1.165) is 18.2 Å². The highest BCUT2D eigenvalue weighted by Gasteiger charge is 2.18. The standard InChI is InChI=1S/C6H5F2NO2S.CH4O3S/c7-4-2-1-3-5(8)6(4)12(9,10)11;1-5(2,3)4/h1-3H,(H2,9,10,11);1H3,(H,2,3,4). The zero-order valence-electron chi connectivity index (χ0n) is 8.46. The van der Waals surface area contributed by atoms with Gasteiger partial charge in [-0.3, -0.25) is 4.55 Å². The van der Waals surface area contributed by atoms with E-state index in [1.807, 2.05) is 0 Å². The monoisotopic (exact) mass is 289 g/mol. The molecule has 3 N–H and O–H groups in total. The molecular formula is C7H9F2NO5S2. The molecule has 98 valence electrons. The van der Waals surface area contributed by atoms with E-state index >= 15 is 0 Å². The van der Waals surface area contributed by atoms with Crippen LogP contribution in [0.1, 0.15) is 0 Å². The fraction of sp³-hybridized carbons (Fsp3) is 0.143. The van der Waals surface area contributed by atoms with Crippen molar-refractivity contribution in [3.63, 3.8) is 0 Å². The van der Waals surface area contributed by atoms with Crippen molar-refractivity contribution >= 4 is 20.1 Å². The molecule has 0 saturated heterocycles. The molecule has 0 unspecified atom stereocenters. The number of hydrogen-bond acceptors (Lipinski definition) is 4. The molecule has 0 radical (unpaired) electrons. The SMILES string of the molecule is CS(=O)(=O)O.NS(=O)(=O)c1c(F)cccc1F. The van der Waals surface area contributed by atoms with Gasteiger partial charge in [0.1, 0.15) is 11.6 Å². The summed E-state index contributed by atoms with van der Waals surface area (Å²) in [5, 5.41) is 4.55. The molecule has 0 heterocycles. The number of rotatable bonds is 1. The molecule has 1 aromatic carbocycles. The summed E-state index contributed by atoms with van der Waals surface area (Å²) in [6.07, 6.45) is 0.715. The van der Waals surface area contributed by atoms with Gasteiger partial charge in [0.2, 0.25) is 10.0 Å². The highest BCUT2D eigenvalue weighted by molar-refractivity contribution is 7.89. The average Bonchev–Trinajstić information content (AvgIpc) is 1.96. The number of primary sulfonamides is 1. The van der Waals surface area contributed by atoms with E-state index in [1.165, 1.54) is 0 Å². The largest absolute Gasteiger partial charge is 0.286 e. The lowest BCUT2D eigenvalue weighted by atomic mass is 10.3. The van der Waals surface area contributed by atoms with Crippen LogP contribution in [-0.2, 0) is 20.1 Å². The number of halogens is 2. The van der Waals surface area contributed by atoms with Crippen LogP contribution in [0.25, 0.3) is 0 Å². The molecule has 0 aromatic heterocycles. The van der Waals surface area contributed by atoms with Crippen LogP contribution in [0, 0.1) is 11.6 Å². The van der Waals surface area contributed by atoms with Crippen LogP contribution < -0.4 is 5.14 Å². The quantitative estimate of drug-likeness (QED) is 0.712. The van der Waals surface area contributed by atoms with Crippen molar-refractivity contribution in [1.29, 1.82) is 0 Å². The lowest BCUT2D eigenvalue weighted by molar-refractivity contribution is 0.490. The Morgan fingerprint density at radius 1 is 1.12 bits per heavy atom. The fourth-order valence-electron chi connectivity index (χ4n) is 0.754. The van der Waals surface area contributed by atoms with Crippen molar-refractivity contribution in [1.82, 2.24) is 0 Å². The summed E-state index contributed by atoms with van der Waals surface area (Å²) in [5.74, 6) is -2.37. The predicted molar refractivity (Wildman–Crippen MR) is 55.2 cm³/mol. The molecule has 1 rings (SSSR count). The normalized spacial score (nSPS) is 11.6. The van der Waals surface area contributed by atoms with Crippen LogP contribution in [0.2, 0.25) is 0 Å². The Morgan fingerprint density at radius 2 is 1.41 bits per heavy atom. The highest BCUT2D eigenvalue weighted by atomic mass is 32.2. The van der Waals surface area contributed by atoms with Gasteiger partial charge in [-0.15, -0.1) is 0 Å². The molecule has 0 aliphatic heterocycles. The minimum absolute atomic E-state index is 0.715. The molecule has 0 aliphatic rings. The first kappa shape index (κ1) is 15.9. The molecule has 0 amide bonds. The molecule has 1 aromatic rings. The van der Waals surface area contributed by atoms with Crippen molar-refractivity contribution < 1.29 is 30.2 Å². The van der Waals surface area contributed by atoms with Gasteiger partial charge in [0.25, 0.3) is 10.1 Å². The summed E-state index contributed by atoms with van der Waals surface area (Å²) in [6.45, 7) is 0. The summed E-state index contributed by atoms with van der Waals surface area (Å²) in [7, 11) is -7.98. The first-order chi connectivity index (χ1) is 7.43. The van der Waals surface area contributed by atoms with Gasteiger partial charge in [0.15, 0.2) is 4.90 Å². The van der Waals surface area contributed by atoms with Gasteiger partial charge in [-0.1, -0.05) is 6.07 Å². The Morgan fingerprint density at radius 3 is 1.59 bits per heavy atom. The van der Waals surface area contributed by atoms with Gasteiger partial charge in [-0.05, 0) is 12.1 Å². The second-order valence-electron chi connectivity index (χ2n) is 2.83. The first-order valence-electron chi connectivity index (χ1n) is 3.82. The van der Waals surface area contributed by atoms with Crippen LogP contribution in [0.5, 0.6) is 0 Å². The summed E-state index contributed by atoms with van der Waals surface area (Å²) < 4.78 is 72.3. The van der Waals surface area contributed by atoms with Crippen molar-refractivity contribution in [2.45, 2.75) is 4.90 Å². The predicted octanol–water partition coefficient (Wildman–Crippen LogP) is 0.116. The molecule has 0 saturated carbocycles. The minimum Gasteiger partial charge on any atom is -0.286 e. The second kappa shape index (κ2) is 5.49. The summed E-state index contributed by atoms with van der Waals surface area (Å²) in [6, 6.07) is 2.70. The van der Waals surface area contributed by atoms with Crippen molar-refractivity contribution in [3.8, 4) is 0 Å². The van der Waals surface area contributed by atoms with Gasteiger partial charge >= 0.3 is 0 Å². The van der Waals surface area contributed by atoms with Crippen molar-refractivity contribution in [2.75, 3.05) is 6.26 Å². The van der Waals surface area contributed by atoms with E-state index in [9.17, 15) is 25.6 Å². The van der Waals surface area contributed by atoms with E-state index in [0.29, 0.717) is 6.26 Å². The number of nitrogens with two attached hydrogens (primary N) is 1. The minimum atomic E-state index is -4.31. The Balaban J connectivity index is 0.000000437. The lowest BCUT2D eigenvalue weighted by Crippen LogP contribution is -2.15. The van der Waals surface area contributed by atoms with E-state index in [1.54, 1.807) is 0 Å². The summed E-state index contributed by atoms with van der Waals surface area (Å²) in [4.78, 5) is -1.09. The summed E-state index contributed by atoms with van der Waals surface area (Å²) in [5.41, 5.74) is 0. The maximum absolute atomic E-state index is 12.6. The van der Waals surface area contributed by atoms with E-state index in [4.69, 9.17) is 4.55 Å². The van der Waals surface area contributed by atoms with Gasteiger partial charge in [0, 0.05) is 0 Å². The zero-order chi connectivity index (χ0) is 13.9. The van der Waals surface area contributed by atoms with Crippen molar-refractivity contribution in [2.24, 2.45) is 5.14 Å². The zero-order valence-corrected chi connectivity index (χ0v) is 10.1. The number of sulfonamides is 1. The van der Waals surface area contributed by atoms with Crippen LogP contribution >= 0.6 is 0 Å². The highest BCUT2D eigenvalue weighted by Crippen LogP contribution is 2.15. The first-order valence-corrected chi connectivity index (χ1v) is 7.21. The Bertz CT molecular complexity index is 568. The van der Waals surface area contributed by atoms with E-state index < -0.39 is 36.7 Å². The molecule has 0 fully saturated rings. The van der Waals surface area contributed by atoms with Gasteiger partial charge in [-0.25, -0.2) is 22.3 Å². The molecule has 0 bridgehead atoms. The number of benzene rings is 1. The maximum Gasteiger partial charge on any atom is 0.261 e. The molecule has 0 atom stereocenters. The molecule has 17 heavy (non-hydrogen) atoms. The van der Waals surface area contributed by atoms with E-state index in [-0.39, 0.29) is 0 Å². The van der Waals surface area contributed by atoms with Gasteiger partial charge in [-0.2, -0.15) is 8.42 Å². The van der Waals surface area contributed by atoms with Crippen LogP contribution in [0.15, 0.2) is 23.1 Å². The van der Waals surface area contributed by atoms with Gasteiger partial charge < -0.3 is 0 Å². The topological polar surface area (TPSA) is 115 Å². The molecule has 6 nitrogen and oxygen atoms in total. The van der Waals surface area contributed by atoms with Gasteiger partial charge in [0.05, 0.1) is 6.26 Å². The smallest absolute Gasteiger partial charge is 0.261 e. The second-order valence-corrected chi connectivity index (χ2v) is 5.79. The Kier molecular flexibility index (Phi) is 5.13. The molecule has 10 heteroatoms. The third-order valence-corrected chi connectivity index (χ3v) is 2.16. The maximum atomic E-state index is 12.6.